The second-order valence-electron chi connectivity index (χ2n) is 6.64. The second kappa shape index (κ2) is 7.64. The van der Waals surface area contributed by atoms with Crippen LogP contribution in [0.1, 0.15) is 5.56 Å². The molecule has 1 heterocycles. The number of fused-ring (bicyclic) bond motifs is 1. The van der Waals surface area contributed by atoms with Crippen molar-refractivity contribution in [2.75, 3.05) is 19.0 Å². The van der Waals surface area contributed by atoms with E-state index in [9.17, 15) is 9.59 Å². The maximum absolute atomic E-state index is 13.1. The number of methoxy groups -OCH3 is 1. The molecule has 0 aliphatic carbocycles. The van der Waals surface area contributed by atoms with Crippen molar-refractivity contribution in [3.05, 3.63) is 90.6 Å². The molecule has 1 aliphatic heterocycles. The minimum Gasteiger partial charge on any atom is -0.497 e. The molecule has 0 unspecified atom stereocenters. The van der Waals surface area contributed by atoms with Crippen molar-refractivity contribution in [2.45, 2.75) is 0 Å². The van der Waals surface area contributed by atoms with Gasteiger partial charge in [0.2, 0.25) is 0 Å². The Morgan fingerprint density at radius 3 is 2.41 bits per heavy atom. The number of nitrogens with one attached hydrogen (secondary N) is 1. The summed E-state index contributed by atoms with van der Waals surface area (Å²) in [4.78, 5) is 27.3. The highest BCUT2D eigenvalue weighted by Crippen LogP contribution is 2.33. The Hall–Kier alpha value is -3.86. The van der Waals surface area contributed by atoms with Crippen LogP contribution in [0.3, 0.4) is 0 Å². The van der Waals surface area contributed by atoms with Crippen LogP contribution in [0, 0.1) is 0 Å². The number of hydrogen-bond acceptors (Lipinski definition) is 4. The molecule has 0 saturated carbocycles. The zero-order chi connectivity index (χ0) is 20.4. The maximum Gasteiger partial charge on any atom is 0.278 e. The van der Waals surface area contributed by atoms with Crippen molar-refractivity contribution in [3.63, 3.8) is 0 Å². The van der Waals surface area contributed by atoms with E-state index in [1.54, 1.807) is 37.5 Å². The lowest BCUT2D eigenvalue weighted by Gasteiger charge is -2.13. The molecule has 0 saturated heterocycles. The fraction of sp³-hybridized carbons (Fsp3) is 0.0833. The summed E-state index contributed by atoms with van der Waals surface area (Å²) in [5.41, 5.74) is 2.02. The first kappa shape index (κ1) is 18.5. The van der Waals surface area contributed by atoms with Gasteiger partial charge >= 0.3 is 0 Å². The van der Waals surface area contributed by atoms with E-state index < -0.39 is 0 Å². The van der Waals surface area contributed by atoms with Crippen molar-refractivity contribution < 1.29 is 14.3 Å². The number of rotatable bonds is 6. The Labute approximate surface area is 168 Å². The van der Waals surface area contributed by atoms with Crippen molar-refractivity contribution in [1.82, 2.24) is 4.90 Å². The van der Waals surface area contributed by atoms with Crippen LogP contribution in [0.25, 0.3) is 16.3 Å². The molecule has 0 spiro atoms. The lowest BCUT2D eigenvalue weighted by molar-refractivity contribution is -0.136. The van der Waals surface area contributed by atoms with Gasteiger partial charge in [-0.15, -0.1) is 6.58 Å². The SMILES string of the molecule is C=CCN1C(=O)C(Nc2cccc3ccccc23)=C(c2ccc(OC)cc2)C1=O. The van der Waals surface area contributed by atoms with Crippen molar-refractivity contribution in [2.24, 2.45) is 0 Å². The lowest BCUT2D eigenvalue weighted by Crippen LogP contribution is -2.32. The third kappa shape index (κ3) is 3.27. The third-order valence-corrected chi connectivity index (χ3v) is 4.91. The fourth-order valence-corrected chi connectivity index (χ4v) is 3.48. The van der Waals surface area contributed by atoms with Crippen LogP contribution in [0.15, 0.2) is 85.1 Å². The molecule has 0 bridgehead atoms. The third-order valence-electron chi connectivity index (χ3n) is 4.91. The largest absolute Gasteiger partial charge is 0.497 e. The predicted molar refractivity (Wildman–Crippen MR) is 114 cm³/mol. The molecule has 144 valence electrons. The van der Waals surface area contributed by atoms with E-state index in [-0.39, 0.29) is 24.1 Å². The summed E-state index contributed by atoms with van der Waals surface area (Å²) in [6.45, 7) is 3.81. The minimum atomic E-state index is -0.367. The van der Waals surface area contributed by atoms with Crippen LogP contribution in [0.5, 0.6) is 5.75 Å². The normalized spacial score (nSPS) is 13.9. The quantitative estimate of drug-likeness (QED) is 0.510. The first-order valence-electron chi connectivity index (χ1n) is 9.24. The van der Waals surface area contributed by atoms with Crippen LogP contribution >= 0.6 is 0 Å². The topological polar surface area (TPSA) is 58.6 Å². The summed E-state index contributed by atoms with van der Waals surface area (Å²) < 4.78 is 5.20. The monoisotopic (exact) mass is 384 g/mol. The average Bonchev–Trinajstić information content (AvgIpc) is 2.99. The van der Waals surface area contributed by atoms with Gasteiger partial charge in [-0.2, -0.15) is 0 Å². The number of carbonyl (C=O) groups excluding carboxylic acids is 2. The number of anilines is 1. The molecule has 3 aromatic carbocycles. The zero-order valence-corrected chi connectivity index (χ0v) is 16.0. The van der Waals surface area contributed by atoms with E-state index in [1.165, 1.54) is 4.90 Å². The highest BCUT2D eigenvalue weighted by molar-refractivity contribution is 6.36. The average molecular weight is 384 g/mol. The van der Waals surface area contributed by atoms with Gasteiger partial charge in [-0.25, -0.2) is 0 Å². The summed E-state index contributed by atoms with van der Waals surface area (Å²) in [6, 6.07) is 20.8. The van der Waals surface area contributed by atoms with Gasteiger partial charge < -0.3 is 10.1 Å². The van der Waals surface area contributed by atoms with Gasteiger partial charge in [-0.05, 0) is 29.1 Å². The summed E-state index contributed by atoms with van der Waals surface area (Å²) in [5, 5.41) is 5.25. The van der Waals surface area contributed by atoms with Gasteiger partial charge in [0.25, 0.3) is 11.8 Å². The van der Waals surface area contributed by atoms with E-state index in [1.807, 2.05) is 42.5 Å². The standard InChI is InChI=1S/C24H20N2O3/c1-3-15-26-23(27)21(17-11-13-18(29-2)14-12-17)22(24(26)28)25-20-10-6-8-16-7-4-5-9-19(16)20/h3-14,25H,1,15H2,2H3. The van der Waals surface area contributed by atoms with Crippen LogP contribution < -0.4 is 10.1 Å². The number of hydrogen-bond donors (Lipinski definition) is 1. The molecule has 0 atom stereocenters. The molecule has 1 N–H and O–H groups in total. The van der Waals surface area contributed by atoms with Crippen LogP contribution in [0.4, 0.5) is 5.69 Å². The fourth-order valence-electron chi connectivity index (χ4n) is 3.48. The van der Waals surface area contributed by atoms with Crippen molar-refractivity contribution in [1.29, 1.82) is 0 Å². The number of imide groups is 1. The summed E-state index contributed by atoms with van der Waals surface area (Å²) in [7, 11) is 1.58. The van der Waals surface area contributed by atoms with Crippen LogP contribution in [-0.2, 0) is 9.59 Å². The maximum atomic E-state index is 13.1. The Morgan fingerprint density at radius 2 is 1.69 bits per heavy atom. The molecule has 1 aliphatic rings. The number of carbonyl (C=O) groups is 2. The van der Waals surface area contributed by atoms with Crippen LogP contribution in [-0.4, -0.2) is 30.4 Å². The van der Waals surface area contributed by atoms with Gasteiger partial charge in [0.15, 0.2) is 0 Å². The molecular weight excluding hydrogens is 364 g/mol. The molecule has 0 radical (unpaired) electrons. The van der Waals surface area contributed by atoms with E-state index in [0.29, 0.717) is 16.9 Å². The van der Waals surface area contributed by atoms with E-state index >= 15 is 0 Å². The number of amides is 2. The van der Waals surface area contributed by atoms with E-state index in [4.69, 9.17) is 4.74 Å². The zero-order valence-electron chi connectivity index (χ0n) is 16.0. The first-order chi connectivity index (χ1) is 14.1. The molecular formula is C24H20N2O3. The minimum absolute atomic E-state index is 0.151. The Bertz CT molecular complexity index is 1140. The summed E-state index contributed by atoms with van der Waals surface area (Å²) in [5.74, 6) is -0.0333. The number of nitrogens with zero attached hydrogens (tertiary/aromatic N) is 1. The van der Waals surface area contributed by atoms with Gasteiger partial charge in [0.1, 0.15) is 11.4 Å². The second-order valence-corrected chi connectivity index (χ2v) is 6.64. The van der Waals surface area contributed by atoms with Crippen molar-refractivity contribution >= 4 is 33.8 Å². The van der Waals surface area contributed by atoms with E-state index in [2.05, 4.69) is 11.9 Å². The molecule has 29 heavy (non-hydrogen) atoms. The van der Waals surface area contributed by atoms with Gasteiger partial charge in [0.05, 0.1) is 12.7 Å². The lowest BCUT2D eigenvalue weighted by atomic mass is 10.0. The Kier molecular flexibility index (Phi) is 4.87. The summed E-state index contributed by atoms with van der Waals surface area (Å²) >= 11 is 0. The molecule has 3 aromatic rings. The van der Waals surface area contributed by atoms with Crippen LogP contribution in [0.2, 0.25) is 0 Å². The molecule has 4 rings (SSSR count). The Morgan fingerprint density at radius 1 is 0.966 bits per heavy atom. The molecule has 0 aromatic heterocycles. The first-order valence-corrected chi connectivity index (χ1v) is 9.24. The van der Waals surface area contributed by atoms with Gasteiger partial charge in [-0.1, -0.05) is 54.6 Å². The highest BCUT2D eigenvalue weighted by Gasteiger charge is 2.38. The predicted octanol–water partition coefficient (Wildman–Crippen LogP) is 4.23. The van der Waals surface area contributed by atoms with E-state index in [0.717, 1.165) is 16.5 Å². The smallest absolute Gasteiger partial charge is 0.278 e. The van der Waals surface area contributed by atoms with Gasteiger partial charge in [0, 0.05) is 17.6 Å². The molecule has 2 amide bonds. The Balaban J connectivity index is 1.84. The molecule has 5 nitrogen and oxygen atoms in total. The molecule has 5 heteroatoms. The number of benzene rings is 3. The summed E-state index contributed by atoms with van der Waals surface area (Å²) in [6.07, 6.45) is 1.54. The van der Waals surface area contributed by atoms with Crippen molar-refractivity contribution in [3.8, 4) is 5.75 Å². The number of ether oxygens (including phenoxy) is 1. The highest BCUT2D eigenvalue weighted by atomic mass is 16.5. The molecule has 0 fully saturated rings. The van der Waals surface area contributed by atoms with Gasteiger partial charge in [-0.3, -0.25) is 14.5 Å².